The van der Waals surface area contributed by atoms with Crippen molar-refractivity contribution in [3.8, 4) is 16.9 Å². The summed E-state index contributed by atoms with van der Waals surface area (Å²) in [7, 11) is 0. The summed E-state index contributed by atoms with van der Waals surface area (Å²) in [5.41, 5.74) is 2.66. The van der Waals surface area contributed by atoms with Crippen LogP contribution in [0.25, 0.3) is 33.1 Å². The van der Waals surface area contributed by atoms with Gasteiger partial charge in [-0.1, -0.05) is 42.5 Å². The molecule has 0 fully saturated rings. The van der Waals surface area contributed by atoms with Gasteiger partial charge in [-0.3, -0.25) is 9.59 Å². The van der Waals surface area contributed by atoms with Crippen molar-refractivity contribution in [1.29, 1.82) is 0 Å². The Balaban J connectivity index is 1.81. The lowest BCUT2D eigenvalue weighted by Gasteiger charge is -2.06. The largest absolute Gasteiger partial charge is 0.452 e. The van der Waals surface area contributed by atoms with E-state index >= 15 is 0 Å². The topological polar surface area (TPSA) is 86.7 Å². The molecular formula is C27H18O6. The van der Waals surface area contributed by atoms with Crippen LogP contribution >= 0.6 is 0 Å². The first kappa shape index (κ1) is 20.5. The minimum absolute atomic E-state index is 0.104. The van der Waals surface area contributed by atoms with Crippen LogP contribution in [0.4, 0.5) is 0 Å². The maximum atomic E-state index is 13.6. The van der Waals surface area contributed by atoms with E-state index in [0.717, 1.165) is 16.5 Å². The van der Waals surface area contributed by atoms with Crippen molar-refractivity contribution < 1.29 is 23.2 Å². The highest BCUT2D eigenvalue weighted by Gasteiger charge is 2.26. The molecule has 6 nitrogen and oxygen atoms in total. The quantitative estimate of drug-likeness (QED) is 0.155. The molecule has 0 aliphatic rings. The molecule has 0 aliphatic heterocycles. The summed E-state index contributed by atoms with van der Waals surface area (Å²) >= 11 is 0. The predicted octanol–water partition coefficient (Wildman–Crippen LogP) is 5.67. The number of ketones is 1. The zero-order valence-electron chi connectivity index (χ0n) is 17.9. The summed E-state index contributed by atoms with van der Waals surface area (Å²) in [5, 5.41) is 1.31. The Bertz CT molecular complexity index is 1610. The zero-order valence-corrected chi connectivity index (χ0v) is 17.9. The minimum Gasteiger partial charge on any atom is -0.452 e. The van der Waals surface area contributed by atoms with Gasteiger partial charge in [0, 0.05) is 29.5 Å². The van der Waals surface area contributed by atoms with E-state index in [2.05, 4.69) is 0 Å². The van der Waals surface area contributed by atoms with Crippen molar-refractivity contribution in [3.05, 3.63) is 100 Å². The first-order valence-corrected chi connectivity index (χ1v) is 10.3. The minimum atomic E-state index is -0.481. The Hall–Kier alpha value is -4.45. The van der Waals surface area contributed by atoms with Crippen LogP contribution in [0.1, 0.15) is 28.6 Å². The van der Waals surface area contributed by atoms with Gasteiger partial charge >= 0.3 is 11.6 Å². The van der Waals surface area contributed by atoms with Crippen molar-refractivity contribution in [2.45, 2.75) is 13.8 Å². The summed E-state index contributed by atoms with van der Waals surface area (Å²) in [6.45, 7) is 3.13. The van der Waals surface area contributed by atoms with Crippen molar-refractivity contribution >= 4 is 33.7 Å². The van der Waals surface area contributed by atoms with E-state index < -0.39 is 11.6 Å². The standard InChI is InChI=1S/C27H18O6/c1-15-13-22(29)33-26-20(15)11-12-21-24(26)23(17-7-4-3-5-8-17)27(32-21)25(30)18-9-6-10-19(14-18)31-16(2)28/h3-14H,1-2H3. The smallest absolute Gasteiger partial charge is 0.336 e. The SMILES string of the molecule is CC(=O)Oc1cccc(C(=O)c2oc3ccc4c(C)cc(=O)oc4c3c2-c2ccccc2)c1. The highest BCUT2D eigenvalue weighted by Crippen LogP contribution is 2.40. The van der Waals surface area contributed by atoms with E-state index in [1.54, 1.807) is 24.3 Å². The van der Waals surface area contributed by atoms with Crippen molar-refractivity contribution in [3.63, 3.8) is 0 Å². The molecule has 0 amide bonds. The maximum Gasteiger partial charge on any atom is 0.336 e. The van der Waals surface area contributed by atoms with Crippen LogP contribution in [0, 0.1) is 6.92 Å². The summed E-state index contributed by atoms with van der Waals surface area (Å²) in [6, 6.07) is 20.7. The van der Waals surface area contributed by atoms with Crippen molar-refractivity contribution in [1.82, 2.24) is 0 Å². The van der Waals surface area contributed by atoms with E-state index in [1.807, 2.05) is 43.3 Å². The molecule has 6 heteroatoms. The van der Waals surface area contributed by atoms with Crippen LogP contribution in [0.3, 0.4) is 0 Å². The number of furan rings is 1. The number of hydrogen-bond acceptors (Lipinski definition) is 6. The normalized spacial score (nSPS) is 11.1. The first-order chi connectivity index (χ1) is 15.9. The fraction of sp³-hybridized carbons (Fsp3) is 0.0741. The summed E-state index contributed by atoms with van der Waals surface area (Å²) in [4.78, 5) is 37.1. The fourth-order valence-electron chi connectivity index (χ4n) is 4.00. The van der Waals surface area contributed by atoms with E-state index in [1.165, 1.54) is 19.1 Å². The number of rotatable bonds is 4. The molecule has 0 saturated carbocycles. The Labute approximate surface area is 188 Å². The van der Waals surface area contributed by atoms with Crippen LogP contribution in [-0.2, 0) is 4.79 Å². The third-order valence-electron chi connectivity index (χ3n) is 5.40. The monoisotopic (exact) mass is 438 g/mol. The molecule has 5 rings (SSSR count). The number of fused-ring (bicyclic) bond motifs is 3. The van der Waals surface area contributed by atoms with Crippen LogP contribution in [0.2, 0.25) is 0 Å². The van der Waals surface area contributed by atoms with Gasteiger partial charge in [-0.05, 0) is 42.3 Å². The van der Waals surface area contributed by atoms with Gasteiger partial charge in [0.15, 0.2) is 5.76 Å². The van der Waals surface area contributed by atoms with E-state index in [0.29, 0.717) is 27.7 Å². The molecule has 0 unspecified atom stereocenters. The maximum absolute atomic E-state index is 13.6. The highest BCUT2D eigenvalue weighted by atomic mass is 16.5. The van der Waals surface area contributed by atoms with E-state index in [9.17, 15) is 14.4 Å². The zero-order chi connectivity index (χ0) is 23.1. The Morgan fingerprint density at radius 3 is 2.42 bits per heavy atom. The van der Waals surface area contributed by atoms with Gasteiger partial charge < -0.3 is 13.6 Å². The van der Waals surface area contributed by atoms with Crippen LogP contribution in [-0.4, -0.2) is 11.8 Å². The van der Waals surface area contributed by atoms with Gasteiger partial charge in [-0.15, -0.1) is 0 Å². The first-order valence-electron chi connectivity index (χ1n) is 10.3. The third-order valence-corrected chi connectivity index (χ3v) is 5.40. The Kier molecular flexibility index (Phi) is 4.90. The molecule has 0 radical (unpaired) electrons. The molecule has 0 aliphatic carbocycles. The summed E-state index contributed by atoms with van der Waals surface area (Å²) in [5.74, 6) is -0.502. The third kappa shape index (κ3) is 3.61. The van der Waals surface area contributed by atoms with Crippen molar-refractivity contribution in [2.24, 2.45) is 0 Å². The summed E-state index contributed by atoms with van der Waals surface area (Å²) < 4.78 is 16.8. The lowest BCUT2D eigenvalue weighted by Crippen LogP contribution is -2.05. The predicted molar refractivity (Wildman–Crippen MR) is 124 cm³/mol. The molecule has 0 atom stereocenters. The lowest BCUT2D eigenvalue weighted by molar-refractivity contribution is -0.131. The highest BCUT2D eigenvalue weighted by molar-refractivity contribution is 6.20. The number of aryl methyl sites for hydroxylation is 1. The Morgan fingerprint density at radius 2 is 1.67 bits per heavy atom. The second-order valence-electron chi connectivity index (χ2n) is 7.69. The number of carbonyl (C=O) groups excluding carboxylic acids is 2. The van der Waals surface area contributed by atoms with E-state index in [-0.39, 0.29) is 17.3 Å². The van der Waals surface area contributed by atoms with Crippen molar-refractivity contribution in [2.75, 3.05) is 0 Å². The molecule has 162 valence electrons. The van der Waals surface area contributed by atoms with Crippen LogP contribution in [0.5, 0.6) is 5.75 Å². The molecule has 3 aromatic carbocycles. The average Bonchev–Trinajstić information content (AvgIpc) is 3.19. The fourth-order valence-corrected chi connectivity index (χ4v) is 4.00. The molecule has 0 bridgehead atoms. The van der Waals surface area contributed by atoms with Crippen LogP contribution in [0.15, 0.2) is 86.4 Å². The lowest BCUT2D eigenvalue weighted by atomic mass is 9.96. The van der Waals surface area contributed by atoms with Gasteiger partial charge in [0.2, 0.25) is 5.78 Å². The van der Waals surface area contributed by atoms with Gasteiger partial charge in [0.05, 0.1) is 5.39 Å². The van der Waals surface area contributed by atoms with Crippen LogP contribution < -0.4 is 10.4 Å². The Morgan fingerprint density at radius 1 is 0.879 bits per heavy atom. The number of ether oxygens (including phenoxy) is 1. The summed E-state index contributed by atoms with van der Waals surface area (Å²) in [6.07, 6.45) is 0. The van der Waals surface area contributed by atoms with Gasteiger partial charge in [-0.25, -0.2) is 4.79 Å². The second kappa shape index (κ2) is 7.91. The molecule has 5 aromatic rings. The molecule has 2 heterocycles. The number of carbonyl (C=O) groups is 2. The number of benzene rings is 3. The molecule has 0 spiro atoms. The number of esters is 1. The molecule has 2 aromatic heterocycles. The molecule has 33 heavy (non-hydrogen) atoms. The average molecular weight is 438 g/mol. The van der Waals surface area contributed by atoms with Gasteiger partial charge in [0.25, 0.3) is 0 Å². The number of hydrogen-bond donors (Lipinski definition) is 0. The molecule has 0 N–H and O–H groups in total. The molecular weight excluding hydrogens is 420 g/mol. The molecule has 0 saturated heterocycles. The second-order valence-corrected chi connectivity index (χ2v) is 7.69. The van der Waals surface area contributed by atoms with Gasteiger partial charge in [-0.2, -0.15) is 0 Å². The van der Waals surface area contributed by atoms with Gasteiger partial charge in [0.1, 0.15) is 16.9 Å². The van der Waals surface area contributed by atoms with E-state index in [4.69, 9.17) is 13.6 Å².